The van der Waals surface area contributed by atoms with Gasteiger partial charge in [-0.1, -0.05) is 18.5 Å². The number of anilines is 1. The molecule has 0 saturated heterocycles. The van der Waals surface area contributed by atoms with Gasteiger partial charge in [0, 0.05) is 5.69 Å². The molecule has 0 radical (unpaired) electrons. The molecular weight excluding hydrogens is 288 g/mol. The second-order valence-corrected chi connectivity index (χ2v) is 6.88. The van der Waals surface area contributed by atoms with Gasteiger partial charge in [0.25, 0.3) is 0 Å². The third kappa shape index (κ3) is 3.60. The van der Waals surface area contributed by atoms with Gasteiger partial charge in [0.2, 0.25) is 10.0 Å². The summed E-state index contributed by atoms with van der Waals surface area (Å²) in [7, 11) is -3.83. The van der Waals surface area contributed by atoms with Gasteiger partial charge in [-0.15, -0.1) is 0 Å². The van der Waals surface area contributed by atoms with Crippen LogP contribution in [0.5, 0.6) is 0 Å². The van der Waals surface area contributed by atoms with Gasteiger partial charge < -0.3 is 10.8 Å². The van der Waals surface area contributed by atoms with E-state index in [1.54, 1.807) is 20.8 Å². The normalized spacial score (nSPS) is 15.2. The smallest absolute Gasteiger partial charge is 0.242 e. The Hall–Kier alpha value is -0.820. The van der Waals surface area contributed by atoms with Crippen LogP contribution in [0.2, 0.25) is 5.02 Å². The number of nitrogens with two attached hydrogens (primary N) is 1. The van der Waals surface area contributed by atoms with Crippen LogP contribution in [0.25, 0.3) is 0 Å². The molecule has 7 heteroatoms. The molecule has 0 saturated carbocycles. The van der Waals surface area contributed by atoms with Gasteiger partial charge in [-0.25, -0.2) is 13.1 Å². The van der Waals surface area contributed by atoms with Gasteiger partial charge >= 0.3 is 0 Å². The zero-order chi connectivity index (χ0) is 14.8. The molecule has 0 aliphatic rings. The summed E-state index contributed by atoms with van der Waals surface area (Å²) in [6.45, 7) is 4.84. The van der Waals surface area contributed by atoms with Crippen molar-refractivity contribution in [3.05, 3.63) is 22.7 Å². The van der Waals surface area contributed by atoms with Crippen molar-refractivity contribution in [2.75, 3.05) is 12.3 Å². The van der Waals surface area contributed by atoms with Crippen LogP contribution in [0.4, 0.5) is 5.69 Å². The molecule has 1 aromatic carbocycles. The molecule has 19 heavy (non-hydrogen) atoms. The lowest BCUT2D eigenvalue weighted by atomic mass is 10.0. The summed E-state index contributed by atoms with van der Waals surface area (Å²) in [5.74, 6) is 0. The van der Waals surface area contributed by atoms with Gasteiger partial charge in [-0.3, -0.25) is 0 Å². The zero-order valence-electron chi connectivity index (χ0n) is 11.2. The third-order valence-corrected chi connectivity index (χ3v) is 5.22. The molecule has 0 amide bonds. The molecule has 0 aliphatic carbocycles. The number of aliphatic hydroxyl groups excluding tert-OH is 1. The average Bonchev–Trinajstić information content (AvgIpc) is 2.33. The number of hydrogen-bond donors (Lipinski definition) is 3. The average molecular weight is 307 g/mol. The summed E-state index contributed by atoms with van der Waals surface area (Å²) in [5.41, 5.74) is 5.85. The molecule has 4 N–H and O–H groups in total. The van der Waals surface area contributed by atoms with E-state index in [1.807, 2.05) is 0 Å². The summed E-state index contributed by atoms with van der Waals surface area (Å²) in [5, 5.41) is 9.39. The number of sulfonamides is 1. The molecule has 0 fully saturated rings. The minimum atomic E-state index is -3.83. The van der Waals surface area contributed by atoms with Crippen LogP contribution in [-0.2, 0) is 10.0 Å². The first-order valence-corrected chi connectivity index (χ1v) is 7.72. The molecule has 5 nitrogen and oxygen atoms in total. The Bertz CT molecular complexity index is 569. The maximum atomic E-state index is 12.3. The molecule has 1 aromatic rings. The monoisotopic (exact) mass is 306 g/mol. The number of rotatable bonds is 5. The lowest BCUT2D eigenvalue weighted by molar-refractivity contribution is 0.191. The van der Waals surface area contributed by atoms with E-state index in [-0.39, 0.29) is 16.5 Å². The van der Waals surface area contributed by atoms with E-state index >= 15 is 0 Å². The Morgan fingerprint density at radius 3 is 2.53 bits per heavy atom. The largest absolute Gasteiger partial charge is 0.398 e. The minimum Gasteiger partial charge on any atom is -0.398 e. The lowest BCUT2D eigenvalue weighted by Gasteiger charge is -2.27. The fourth-order valence-electron chi connectivity index (χ4n) is 1.47. The maximum Gasteiger partial charge on any atom is 0.242 e. The van der Waals surface area contributed by atoms with Gasteiger partial charge in [0.15, 0.2) is 0 Å². The summed E-state index contributed by atoms with van der Waals surface area (Å²) < 4.78 is 27.0. The quantitative estimate of drug-likeness (QED) is 0.721. The number of nitrogen functional groups attached to an aromatic ring is 1. The van der Waals surface area contributed by atoms with E-state index in [2.05, 4.69) is 4.72 Å². The van der Waals surface area contributed by atoms with Crippen LogP contribution in [0.1, 0.15) is 25.8 Å². The third-order valence-electron chi connectivity index (χ3n) is 3.12. The molecule has 0 heterocycles. The Kier molecular flexibility index (Phi) is 4.84. The number of hydrogen-bond acceptors (Lipinski definition) is 4. The Labute approximate surface area is 118 Å². The summed E-state index contributed by atoms with van der Waals surface area (Å²) in [6, 6.07) is 2.83. The molecule has 0 spiro atoms. The van der Waals surface area contributed by atoms with Crippen LogP contribution in [-0.4, -0.2) is 25.7 Å². The van der Waals surface area contributed by atoms with E-state index in [9.17, 15) is 13.5 Å². The standard InChI is InChI=1S/C12H19ClN2O3S/c1-4-12(3,7-16)15-19(17,18)11-6-10(14)8(2)5-9(11)13/h5-6,15-16H,4,7,14H2,1-3H3. The van der Waals surface area contributed by atoms with Crippen molar-refractivity contribution < 1.29 is 13.5 Å². The molecule has 0 aliphatic heterocycles. The first kappa shape index (κ1) is 16.2. The number of nitrogens with one attached hydrogen (secondary N) is 1. The lowest BCUT2D eigenvalue weighted by Crippen LogP contribution is -2.48. The topological polar surface area (TPSA) is 92.4 Å². The second kappa shape index (κ2) is 5.66. The highest BCUT2D eigenvalue weighted by molar-refractivity contribution is 7.89. The maximum absolute atomic E-state index is 12.3. The fraction of sp³-hybridized carbons (Fsp3) is 0.500. The Morgan fingerprint density at radius 1 is 1.47 bits per heavy atom. The predicted molar refractivity (Wildman–Crippen MR) is 76.7 cm³/mol. The first-order valence-electron chi connectivity index (χ1n) is 5.85. The summed E-state index contributed by atoms with van der Waals surface area (Å²) in [6.07, 6.45) is 0.446. The highest BCUT2D eigenvalue weighted by Gasteiger charge is 2.30. The van der Waals surface area contributed by atoms with Crippen molar-refractivity contribution >= 4 is 27.3 Å². The van der Waals surface area contributed by atoms with Gasteiger partial charge in [-0.05, 0) is 38.0 Å². The number of aliphatic hydroxyl groups is 1. The van der Waals surface area contributed by atoms with Gasteiger partial charge in [0.05, 0.1) is 17.2 Å². The number of halogens is 1. The van der Waals surface area contributed by atoms with Crippen LogP contribution in [0.3, 0.4) is 0 Å². The van der Waals surface area contributed by atoms with E-state index in [0.717, 1.165) is 0 Å². The highest BCUT2D eigenvalue weighted by atomic mass is 35.5. The summed E-state index contributed by atoms with van der Waals surface area (Å²) in [4.78, 5) is -0.0783. The van der Waals surface area contributed by atoms with Crippen molar-refractivity contribution in [3.8, 4) is 0 Å². The number of aryl methyl sites for hydroxylation is 1. The molecule has 1 rings (SSSR count). The molecule has 108 valence electrons. The second-order valence-electron chi connectivity index (χ2n) is 4.82. The van der Waals surface area contributed by atoms with Crippen molar-refractivity contribution in [1.29, 1.82) is 0 Å². The molecular formula is C12H19ClN2O3S. The van der Waals surface area contributed by atoms with Gasteiger partial charge in [-0.2, -0.15) is 0 Å². The van der Waals surface area contributed by atoms with Crippen molar-refractivity contribution in [1.82, 2.24) is 4.72 Å². The Balaban J connectivity index is 3.25. The van der Waals surface area contributed by atoms with Crippen LogP contribution >= 0.6 is 11.6 Å². The predicted octanol–water partition coefficient (Wildman–Crippen LogP) is 1.67. The molecule has 0 aromatic heterocycles. The van der Waals surface area contributed by atoms with Crippen LogP contribution in [0.15, 0.2) is 17.0 Å². The van der Waals surface area contributed by atoms with E-state index in [0.29, 0.717) is 17.7 Å². The molecule has 0 bridgehead atoms. The molecule has 1 atom stereocenters. The van der Waals surface area contributed by atoms with E-state index in [1.165, 1.54) is 12.1 Å². The fourth-order valence-corrected chi connectivity index (χ4v) is 3.56. The molecule has 1 unspecified atom stereocenters. The zero-order valence-corrected chi connectivity index (χ0v) is 12.8. The highest BCUT2D eigenvalue weighted by Crippen LogP contribution is 2.27. The summed E-state index contributed by atoms with van der Waals surface area (Å²) >= 11 is 5.96. The van der Waals surface area contributed by atoms with Crippen molar-refractivity contribution in [2.24, 2.45) is 0 Å². The first-order chi connectivity index (χ1) is 8.65. The number of benzene rings is 1. The van der Waals surface area contributed by atoms with E-state index in [4.69, 9.17) is 17.3 Å². The van der Waals surface area contributed by atoms with Crippen molar-refractivity contribution in [3.63, 3.8) is 0 Å². The minimum absolute atomic E-state index is 0.0783. The van der Waals surface area contributed by atoms with E-state index < -0.39 is 15.6 Å². The van der Waals surface area contributed by atoms with Crippen LogP contribution < -0.4 is 10.5 Å². The van der Waals surface area contributed by atoms with Gasteiger partial charge in [0.1, 0.15) is 4.90 Å². The van der Waals surface area contributed by atoms with Crippen molar-refractivity contribution in [2.45, 2.75) is 37.6 Å². The SMILES string of the molecule is CCC(C)(CO)NS(=O)(=O)c1cc(N)c(C)cc1Cl. The Morgan fingerprint density at radius 2 is 2.05 bits per heavy atom. The van der Waals surface area contributed by atoms with Crippen LogP contribution in [0, 0.1) is 6.92 Å².